The van der Waals surface area contributed by atoms with Gasteiger partial charge >= 0.3 is 6.09 Å². The topological polar surface area (TPSA) is 87.0 Å². The van der Waals surface area contributed by atoms with Gasteiger partial charge in [0.2, 0.25) is 0 Å². The van der Waals surface area contributed by atoms with Gasteiger partial charge in [0, 0.05) is 59.1 Å². The zero-order chi connectivity index (χ0) is 23.1. The average Bonchev–Trinajstić information content (AvgIpc) is 3.18. The normalized spacial score (nSPS) is 22.6. The minimum absolute atomic E-state index is 0.192. The Bertz CT molecular complexity index is 771. The lowest BCUT2D eigenvalue weighted by Crippen LogP contribution is -2.51. The second-order valence-electron chi connectivity index (χ2n) is 10.0. The van der Waals surface area contributed by atoms with Crippen LogP contribution in [0, 0.1) is 5.92 Å². The van der Waals surface area contributed by atoms with E-state index in [1.54, 1.807) is 0 Å². The number of piperidine rings is 2. The van der Waals surface area contributed by atoms with Crippen LogP contribution in [0.2, 0.25) is 0 Å². The Hall–Kier alpha value is -2.45. The van der Waals surface area contributed by atoms with Gasteiger partial charge in [0.1, 0.15) is 5.60 Å². The van der Waals surface area contributed by atoms with Crippen LogP contribution in [0.5, 0.6) is 0 Å². The van der Waals surface area contributed by atoms with Crippen LogP contribution in [0.1, 0.15) is 52.9 Å². The molecular weight excluding hydrogens is 406 g/mol. The number of aliphatic imine (C=N–C) groups is 1. The molecule has 2 saturated heterocycles. The molecule has 0 radical (unpaired) electrons. The summed E-state index contributed by atoms with van der Waals surface area (Å²) in [7, 11) is 3.77. The predicted octanol–water partition coefficient (Wildman–Crippen LogP) is 2.59. The van der Waals surface area contributed by atoms with Gasteiger partial charge in [-0.1, -0.05) is 0 Å². The van der Waals surface area contributed by atoms with Gasteiger partial charge < -0.3 is 25.2 Å². The molecule has 180 valence electrons. The first-order chi connectivity index (χ1) is 15.2. The average molecular weight is 448 g/mol. The molecule has 32 heavy (non-hydrogen) atoms. The smallest absolute Gasteiger partial charge is 0.410 e. The second-order valence-corrected chi connectivity index (χ2v) is 10.0. The fourth-order valence-electron chi connectivity index (χ4n) is 4.48. The maximum Gasteiger partial charge on any atom is 0.410 e. The number of nitrogens with zero attached hydrogens (tertiary/aromatic N) is 5. The van der Waals surface area contributed by atoms with Gasteiger partial charge in [-0.3, -0.25) is 9.67 Å². The monoisotopic (exact) mass is 447 g/mol. The van der Waals surface area contributed by atoms with Gasteiger partial charge in [0.25, 0.3) is 0 Å². The number of aromatic nitrogens is 2. The summed E-state index contributed by atoms with van der Waals surface area (Å²) in [5, 5.41) is 11.4. The predicted molar refractivity (Wildman–Crippen MR) is 128 cm³/mol. The summed E-state index contributed by atoms with van der Waals surface area (Å²) in [6.45, 7) is 10.1. The number of aryl methyl sites for hydroxylation is 1. The molecule has 2 aliphatic heterocycles. The third-order valence-corrected chi connectivity index (χ3v) is 6.06. The van der Waals surface area contributed by atoms with E-state index in [-0.39, 0.29) is 6.09 Å². The van der Waals surface area contributed by atoms with Gasteiger partial charge in [0.05, 0.1) is 11.9 Å². The number of guanidine groups is 1. The molecule has 9 nitrogen and oxygen atoms in total. The molecule has 0 saturated carbocycles. The minimum Gasteiger partial charge on any atom is -0.444 e. The Labute approximate surface area is 192 Å². The van der Waals surface area contributed by atoms with E-state index in [4.69, 9.17) is 4.74 Å². The van der Waals surface area contributed by atoms with Gasteiger partial charge in [-0.15, -0.1) is 0 Å². The van der Waals surface area contributed by atoms with Gasteiger partial charge in [0.15, 0.2) is 5.96 Å². The highest BCUT2D eigenvalue weighted by Crippen LogP contribution is 2.22. The third-order valence-electron chi connectivity index (χ3n) is 6.06. The van der Waals surface area contributed by atoms with Crippen molar-refractivity contribution in [2.45, 2.75) is 64.5 Å². The van der Waals surface area contributed by atoms with E-state index >= 15 is 0 Å². The van der Waals surface area contributed by atoms with E-state index in [0.717, 1.165) is 70.8 Å². The number of amides is 1. The molecule has 2 unspecified atom stereocenters. The standard InChI is InChI=1S/C23H41N7O2/c1-23(2,3)32-22(31)30-13-6-8-18(15-30)10-11-25-21(24-4)27-19-9-7-12-29(16-19)20-14-26-28(5)17-20/h14,17-19H,6-13,15-16H2,1-5H3,(H2,24,25,27). The number of anilines is 1. The third kappa shape index (κ3) is 7.31. The van der Waals surface area contributed by atoms with Crippen molar-refractivity contribution in [1.29, 1.82) is 0 Å². The van der Waals surface area contributed by atoms with Crippen LogP contribution in [0.25, 0.3) is 0 Å². The number of hydrogen-bond donors (Lipinski definition) is 2. The Kier molecular flexibility index (Phi) is 8.26. The van der Waals surface area contributed by atoms with E-state index in [9.17, 15) is 4.79 Å². The van der Waals surface area contributed by atoms with Crippen molar-refractivity contribution in [3.63, 3.8) is 0 Å². The first-order valence-corrected chi connectivity index (χ1v) is 11.9. The van der Waals surface area contributed by atoms with Crippen molar-refractivity contribution < 1.29 is 9.53 Å². The van der Waals surface area contributed by atoms with Crippen LogP contribution in [0.3, 0.4) is 0 Å². The molecule has 0 spiro atoms. The summed E-state index contributed by atoms with van der Waals surface area (Å²) in [5.41, 5.74) is 0.726. The Morgan fingerprint density at radius 1 is 1.25 bits per heavy atom. The molecule has 2 atom stereocenters. The number of carbonyl (C=O) groups excluding carboxylic acids is 1. The first-order valence-electron chi connectivity index (χ1n) is 11.9. The second kappa shape index (κ2) is 10.9. The van der Waals surface area contributed by atoms with Crippen LogP contribution in [-0.2, 0) is 11.8 Å². The van der Waals surface area contributed by atoms with Crippen molar-refractivity contribution >= 4 is 17.7 Å². The van der Waals surface area contributed by atoms with Crippen LogP contribution in [0.15, 0.2) is 17.4 Å². The lowest BCUT2D eigenvalue weighted by molar-refractivity contribution is 0.0162. The molecule has 9 heteroatoms. The summed E-state index contributed by atoms with van der Waals surface area (Å²) >= 11 is 0. The number of nitrogens with one attached hydrogen (secondary N) is 2. The summed E-state index contributed by atoms with van der Waals surface area (Å²) in [6.07, 6.45) is 9.27. The molecule has 0 aromatic carbocycles. The maximum absolute atomic E-state index is 12.4. The largest absolute Gasteiger partial charge is 0.444 e. The molecule has 2 aliphatic rings. The minimum atomic E-state index is -0.449. The highest BCUT2D eigenvalue weighted by Gasteiger charge is 2.27. The van der Waals surface area contributed by atoms with E-state index < -0.39 is 5.60 Å². The highest BCUT2D eigenvalue weighted by molar-refractivity contribution is 5.80. The molecule has 2 N–H and O–H groups in total. The number of hydrogen-bond acceptors (Lipinski definition) is 5. The van der Waals surface area contributed by atoms with Crippen molar-refractivity contribution in [2.24, 2.45) is 18.0 Å². The number of rotatable bonds is 5. The van der Waals surface area contributed by atoms with Gasteiger partial charge in [-0.05, 0) is 58.8 Å². The van der Waals surface area contributed by atoms with E-state index in [1.807, 2.05) is 50.6 Å². The molecular formula is C23H41N7O2. The number of ether oxygens (including phenoxy) is 1. The molecule has 1 aromatic heterocycles. The summed E-state index contributed by atoms with van der Waals surface area (Å²) < 4.78 is 7.39. The SMILES string of the molecule is CN=C(NCCC1CCCN(C(=O)OC(C)(C)C)C1)NC1CCCN(c2cnn(C)c2)C1. The Morgan fingerprint density at radius 2 is 2.03 bits per heavy atom. The van der Waals surface area contributed by atoms with Crippen molar-refractivity contribution in [3.05, 3.63) is 12.4 Å². The lowest BCUT2D eigenvalue weighted by Gasteiger charge is -2.35. The molecule has 1 amide bonds. The van der Waals surface area contributed by atoms with Crippen LogP contribution >= 0.6 is 0 Å². The number of carbonyl (C=O) groups is 1. The van der Waals surface area contributed by atoms with E-state index in [1.165, 1.54) is 5.69 Å². The molecule has 2 fully saturated rings. The van der Waals surface area contributed by atoms with E-state index in [2.05, 4.69) is 31.8 Å². The molecule has 3 rings (SSSR count). The van der Waals surface area contributed by atoms with Gasteiger partial charge in [-0.2, -0.15) is 5.10 Å². The fraction of sp³-hybridized carbons (Fsp3) is 0.783. The number of likely N-dealkylation sites (tertiary alicyclic amines) is 1. The molecule has 0 aliphatic carbocycles. The highest BCUT2D eigenvalue weighted by atomic mass is 16.6. The quantitative estimate of drug-likeness (QED) is 0.533. The van der Waals surface area contributed by atoms with Crippen LogP contribution in [0.4, 0.5) is 10.5 Å². The molecule has 3 heterocycles. The molecule has 0 bridgehead atoms. The Morgan fingerprint density at radius 3 is 2.72 bits per heavy atom. The molecule has 1 aromatic rings. The lowest BCUT2D eigenvalue weighted by atomic mass is 9.95. The fourth-order valence-corrected chi connectivity index (χ4v) is 4.48. The van der Waals surface area contributed by atoms with E-state index in [0.29, 0.717) is 12.0 Å². The summed E-state index contributed by atoms with van der Waals surface area (Å²) in [5.74, 6) is 1.33. The maximum atomic E-state index is 12.4. The zero-order valence-electron chi connectivity index (χ0n) is 20.4. The van der Waals surface area contributed by atoms with Crippen molar-refractivity contribution in [1.82, 2.24) is 25.3 Å². The Balaban J connectivity index is 1.41. The van der Waals surface area contributed by atoms with Gasteiger partial charge in [-0.25, -0.2) is 4.79 Å². The first kappa shape index (κ1) is 24.2. The summed E-state index contributed by atoms with van der Waals surface area (Å²) in [6, 6.07) is 0.354. The zero-order valence-corrected chi connectivity index (χ0v) is 20.4. The van der Waals surface area contributed by atoms with Crippen molar-refractivity contribution in [2.75, 3.05) is 44.7 Å². The van der Waals surface area contributed by atoms with Crippen LogP contribution in [-0.4, -0.2) is 78.1 Å². The summed E-state index contributed by atoms with van der Waals surface area (Å²) in [4.78, 5) is 21.1. The van der Waals surface area contributed by atoms with Crippen LogP contribution < -0.4 is 15.5 Å². The van der Waals surface area contributed by atoms with Crippen molar-refractivity contribution in [3.8, 4) is 0 Å².